The largest absolute Gasteiger partial charge is 0.434 e. The van der Waals surface area contributed by atoms with Crippen molar-refractivity contribution in [3.63, 3.8) is 0 Å². The first-order chi connectivity index (χ1) is 18.1. The second-order valence-corrected chi connectivity index (χ2v) is 11.7. The monoisotopic (exact) mass is 539 g/mol. The molecular formula is C26H36F3N5O4. The molecule has 0 spiro atoms. The Bertz CT molecular complexity index is 1060. The highest BCUT2D eigenvalue weighted by Crippen LogP contribution is 2.57. The number of amides is 1. The third-order valence-electron chi connectivity index (χ3n) is 9.76. The Morgan fingerprint density at radius 3 is 2.68 bits per heavy atom. The van der Waals surface area contributed by atoms with Gasteiger partial charge in [-0.2, -0.15) is 13.2 Å². The molecule has 5 fully saturated rings. The van der Waals surface area contributed by atoms with Crippen LogP contribution in [0.3, 0.4) is 0 Å². The lowest BCUT2D eigenvalue weighted by atomic mass is 9.59. The molecule has 4 heterocycles. The van der Waals surface area contributed by atoms with Crippen LogP contribution in [0.25, 0.3) is 0 Å². The molecule has 210 valence electrons. The molecule has 12 heteroatoms. The lowest BCUT2D eigenvalue weighted by Crippen LogP contribution is -2.63. The van der Waals surface area contributed by atoms with Crippen molar-refractivity contribution in [2.45, 2.75) is 93.4 Å². The van der Waals surface area contributed by atoms with Crippen LogP contribution in [0.1, 0.15) is 57.1 Å². The Balaban J connectivity index is 1.17. The lowest BCUT2D eigenvalue weighted by molar-refractivity contribution is -0.178. The average Bonchev–Trinajstić information content (AvgIpc) is 3.62. The number of alkyl halides is 3. The van der Waals surface area contributed by atoms with Crippen molar-refractivity contribution < 1.29 is 32.5 Å². The number of ether oxygens (including phenoxy) is 2. The summed E-state index contributed by atoms with van der Waals surface area (Å²) in [5, 5.41) is 15.4. The van der Waals surface area contributed by atoms with Crippen LogP contribution >= 0.6 is 0 Å². The number of carbonyl (C=O) groups is 1. The van der Waals surface area contributed by atoms with E-state index in [1.807, 2.05) is 9.80 Å². The molecule has 2 aliphatic carbocycles. The summed E-state index contributed by atoms with van der Waals surface area (Å²) in [6.45, 7) is 2.05. The van der Waals surface area contributed by atoms with Gasteiger partial charge in [0.05, 0.1) is 48.2 Å². The van der Waals surface area contributed by atoms with E-state index in [4.69, 9.17) is 9.47 Å². The van der Waals surface area contributed by atoms with Gasteiger partial charge in [0, 0.05) is 38.9 Å². The summed E-state index contributed by atoms with van der Waals surface area (Å²) in [6, 6.07) is 0.00576. The molecular weight excluding hydrogens is 503 g/mol. The normalized spacial score (nSPS) is 36.5. The predicted molar refractivity (Wildman–Crippen MR) is 130 cm³/mol. The van der Waals surface area contributed by atoms with E-state index in [9.17, 15) is 23.1 Å². The molecule has 2 bridgehead atoms. The van der Waals surface area contributed by atoms with E-state index in [1.165, 1.54) is 6.20 Å². The summed E-state index contributed by atoms with van der Waals surface area (Å²) in [6.07, 6.45) is 3.16. The maximum Gasteiger partial charge on any atom is 0.434 e. The van der Waals surface area contributed by atoms with Gasteiger partial charge in [-0.1, -0.05) is 0 Å². The molecule has 0 radical (unpaired) electrons. The minimum atomic E-state index is -4.56. The van der Waals surface area contributed by atoms with E-state index in [-0.39, 0.29) is 42.0 Å². The second-order valence-electron chi connectivity index (χ2n) is 11.7. The number of rotatable bonds is 6. The molecule has 6 rings (SSSR count). The van der Waals surface area contributed by atoms with Crippen molar-refractivity contribution in [3.05, 3.63) is 18.1 Å². The fourth-order valence-electron chi connectivity index (χ4n) is 7.53. The van der Waals surface area contributed by atoms with Gasteiger partial charge in [-0.05, 0) is 51.4 Å². The van der Waals surface area contributed by atoms with E-state index in [0.717, 1.165) is 25.5 Å². The minimum absolute atomic E-state index is 0.00143. The summed E-state index contributed by atoms with van der Waals surface area (Å²) in [4.78, 5) is 25.6. The molecule has 38 heavy (non-hydrogen) atoms. The number of piperazine rings is 1. The number of nitrogens with zero attached hydrogens (tertiary/aromatic N) is 4. The number of hydrogen-bond acceptors (Lipinski definition) is 8. The number of halogens is 3. The van der Waals surface area contributed by atoms with E-state index in [2.05, 4.69) is 15.3 Å². The van der Waals surface area contributed by atoms with Gasteiger partial charge in [0.15, 0.2) is 5.69 Å². The number of aliphatic hydroxyl groups is 1. The molecule has 2 saturated carbocycles. The molecule has 6 atom stereocenters. The Morgan fingerprint density at radius 2 is 2.03 bits per heavy atom. The predicted octanol–water partition coefficient (Wildman–Crippen LogP) is 2.13. The molecule has 1 aromatic rings. The van der Waals surface area contributed by atoms with Crippen molar-refractivity contribution in [2.75, 3.05) is 38.3 Å². The zero-order chi connectivity index (χ0) is 26.7. The van der Waals surface area contributed by atoms with Crippen molar-refractivity contribution >= 4 is 11.7 Å². The first-order valence-electron chi connectivity index (χ1n) is 13.7. The molecule has 5 aliphatic rings. The molecule has 1 aromatic heterocycles. The van der Waals surface area contributed by atoms with E-state index in [0.29, 0.717) is 58.4 Å². The third kappa shape index (κ3) is 4.28. The van der Waals surface area contributed by atoms with Gasteiger partial charge in [-0.3, -0.25) is 9.78 Å². The highest BCUT2D eigenvalue weighted by Gasteiger charge is 2.64. The Labute approximate surface area is 220 Å². The standard InChI is InChI=1S/C26H36F3N5O4/c1-37-20-15-38-8-4-19(20)31-16-3-7-24(10-16,25(36)5-2-6-25)23(35)34-14-17-9-18(34)13-33(17)22-12-30-11-21(32-22)26(27,28)29/h11-12,16-20,31,36H,2-10,13-15H2,1H3/t16-,17+,18+,19+,20-,24-/m1/s1. The molecule has 9 nitrogen and oxygen atoms in total. The maximum atomic E-state index is 14.3. The fraction of sp³-hybridized carbons (Fsp3) is 0.808. The maximum absolute atomic E-state index is 14.3. The van der Waals surface area contributed by atoms with Gasteiger partial charge >= 0.3 is 6.18 Å². The van der Waals surface area contributed by atoms with Gasteiger partial charge in [0.1, 0.15) is 5.82 Å². The highest BCUT2D eigenvalue weighted by atomic mass is 19.4. The number of methoxy groups -OCH3 is 1. The molecule has 2 N–H and O–H groups in total. The Kier molecular flexibility index (Phi) is 6.60. The van der Waals surface area contributed by atoms with Crippen LogP contribution in [0.15, 0.2) is 12.4 Å². The number of aromatic nitrogens is 2. The molecule has 3 aliphatic heterocycles. The topological polar surface area (TPSA) is 100 Å². The third-order valence-corrected chi connectivity index (χ3v) is 9.76. The first kappa shape index (κ1) is 26.2. The van der Waals surface area contributed by atoms with Gasteiger partial charge in [0.2, 0.25) is 5.91 Å². The van der Waals surface area contributed by atoms with Crippen LogP contribution in [-0.4, -0.2) is 95.2 Å². The first-order valence-corrected chi connectivity index (χ1v) is 13.7. The molecule has 0 aromatic carbocycles. The van der Waals surface area contributed by atoms with Crippen LogP contribution in [0.4, 0.5) is 19.0 Å². The number of anilines is 1. The zero-order valence-corrected chi connectivity index (χ0v) is 21.6. The highest BCUT2D eigenvalue weighted by molar-refractivity contribution is 5.86. The van der Waals surface area contributed by atoms with Gasteiger partial charge in [-0.15, -0.1) is 0 Å². The fourth-order valence-corrected chi connectivity index (χ4v) is 7.53. The summed E-state index contributed by atoms with van der Waals surface area (Å²) in [5.74, 6) is 0.197. The lowest BCUT2D eigenvalue weighted by Gasteiger charge is -2.52. The number of carbonyl (C=O) groups excluding carboxylic acids is 1. The molecule has 1 amide bonds. The van der Waals surface area contributed by atoms with Crippen LogP contribution in [-0.2, 0) is 20.4 Å². The van der Waals surface area contributed by atoms with Crippen molar-refractivity contribution in [1.29, 1.82) is 0 Å². The van der Waals surface area contributed by atoms with Crippen LogP contribution in [0.5, 0.6) is 0 Å². The SMILES string of the molecule is CO[C@@H]1COCC[C@@H]1N[C@@H]1CC[C@@](C(=O)N2C[C@@H]3C[C@H]2CN3c2cncc(C(F)(F)F)n2)(C2(O)CCC2)C1. The van der Waals surface area contributed by atoms with Crippen LogP contribution < -0.4 is 10.2 Å². The van der Waals surface area contributed by atoms with Crippen molar-refractivity contribution in [2.24, 2.45) is 5.41 Å². The van der Waals surface area contributed by atoms with Crippen molar-refractivity contribution in [3.8, 4) is 0 Å². The van der Waals surface area contributed by atoms with E-state index >= 15 is 0 Å². The van der Waals surface area contributed by atoms with Gasteiger partial charge in [0.25, 0.3) is 0 Å². The molecule has 3 saturated heterocycles. The van der Waals surface area contributed by atoms with Crippen LogP contribution in [0.2, 0.25) is 0 Å². The summed E-state index contributed by atoms with van der Waals surface area (Å²) in [5.41, 5.74) is -2.87. The minimum Gasteiger partial charge on any atom is -0.389 e. The zero-order valence-electron chi connectivity index (χ0n) is 21.6. The van der Waals surface area contributed by atoms with Gasteiger partial charge < -0.3 is 29.7 Å². The van der Waals surface area contributed by atoms with Crippen molar-refractivity contribution in [1.82, 2.24) is 20.2 Å². The summed E-state index contributed by atoms with van der Waals surface area (Å²) in [7, 11) is 1.68. The van der Waals surface area contributed by atoms with Gasteiger partial charge in [-0.25, -0.2) is 4.98 Å². The average molecular weight is 540 g/mol. The Morgan fingerprint density at radius 1 is 1.21 bits per heavy atom. The molecule has 0 unspecified atom stereocenters. The van der Waals surface area contributed by atoms with E-state index < -0.39 is 22.9 Å². The second kappa shape index (κ2) is 9.57. The summed E-state index contributed by atoms with van der Waals surface area (Å²) >= 11 is 0. The van der Waals surface area contributed by atoms with Crippen LogP contribution in [0, 0.1) is 5.41 Å². The quantitative estimate of drug-likeness (QED) is 0.568. The van der Waals surface area contributed by atoms with E-state index in [1.54, 1.807) is 7.11 Å². The Hall–Kier alpha value is -2.02. The number of fused-ring (bicyclic) bond motifs is 2. The number of likely N-dealkylation sites (tertiary alicyclic amines) is 1. The number of hydrogen-bond donors (Lipinski definition) is 2. The smallest absolute Gasteiger partial charge is 0.389 e. The number of nitrogens with one attached hydrogen (secondary N) is 1. The summed E-state index contributed by atoms with van der Waals surface area (Å²) < 4.78 is 50.7.